The zero-order valence-corrected chi connectivity index (χ0v) is 11.2. The first-order chi connectivity index (χ1) is 8.97. The van der Waals surface area contributed by atoms with Gasteiger partial charge in [-0.2, -0.15) is 5.10 Å². The SMILES string of the molecule is CC(C)C[C@H](CNC(=O)Cn1cncn1)CC(=O)O. The van der Waals surface area contributed by atoms with E-state index in [4.69, 9.17) is 5.11 Å². The van der Waals surface area contributed by atoms with E-state index in [0.717, 1.165) is 6.42 Å². The van der Waals surface area contributed by atoms with Crippen molar-refractivity contribution in [3.63, 3.8) is 0 Å². The quantitative estimate of drug-likeness (QED) is 0.717. The molecule has 1 atom stereocenters. The lowest BCUT2D eigenvalue weighted by Gasteiger charge is -2.17. The molecule has 1 aromatic rings. The molecule has 0 aliphatic heterocycles. The largest absolute Gasteiger partial charge is 0.481 e. The van der Waals surface area contributed by atoms with Crippen molar-refractivity contribution < 1.29 is 14.7 Å². The summed E-state index contributed by atoms with van der Waals surface area (Å²) < 4.78 is 1.42. The van der Waals surface area contributed by atoms with Crippen LogP contribution in [0.25, 0.3) is 0 Å². The molecule has 0 saturated heterocycles. The van der Waals surface area contributed by atoms with Crippen LogP contribution in [-0.4, -0.2) is 38.3 Å². The second-order valence-electron chi connectivity index (χ2n) is 4.99. The molecule has 0 aliphatic rings. The third-order valence-electron chi connectivity index (χ3n) is 2.63. The van der Waals surface area contributed by atoms with Crippen LogP contribution < -0.4 is 5.32 Å². The summed E-state index contributed by atoms with van der Waals surface area (Å²) in [6.07, 6.45) is 3.67. The van der Waals surface area contributed by atoms with Gasteiger partial charge in [0.15, 0.2) is 0 Å². The number of nitrogens with zero attached hydrogens (tertiary/aromatic N) is 3. The summed E-state index contributed by atoms with van der Waals surface area (Å²) >= 11 is 0. The van der Waals surface area contributed by atoms with E-state index >= 15 is 0 Å². The van der Waals surface area contributed by atoms with E-state index < -0.39 is 5.97 Å². The number of carboxylic acid groups (broad SMARTS) is 1. The fraction of sp³-hybridized carbons (Fsp3) is 0.667. The van der Waals surface area contributed by atoms with Gasteiger partial charge < -0.3 is 10.4 Å². The fourth-order valence-electron chi connectivity index (χ4n) is 1.93. The molecule has 1 heterocycles. The summed E-state index contributed by atoms with van der Waals surface area (Å²) in [6.45, 7) is 4.54. The molecule has 0 fully saturated rings. The molecule has 1 amide bonds. The average Bonchev–Trinajstić information content (AvgIpc) is 2.77. The topological polar surface area (TPSA) is 97.1 Å². The predicted octanol–water partition coefficient (Wildman–Crippen LogP) is 0.531. The number of aromatic nitrogens is 3. The van der Waals surface area contributed by atoms with Gasteiger partial charge in [-0.3, -0.25) is 9.59 Å². The molecule has 7 nitrogen and oxygen atoms in total. The Bertz CT molecular complexity index is 403. The Hall–Kier alpha value is -1.92. The number of nitrogens with one attached hydrogen (secondary N) is 1. The molecular formula is C12H20N4O3. The summed E-state index contributed by atoms with van der Waals surface area (Å²) in [5, 5.41) is 15.4. The first-order valence-electron chi connectivity index (χ1n) is 6.28. The molecule has 0 aromatic carbocycles. The lowest BCUT2D eigenvalue weighted by Crippen LogP contribution is -2.33. The Morgan fingerprint density at radius 1 is 1.42 bits per heavy atom. The standard InChI is InChI=1S/C12H20N4O3/c1-9(2)3-10(4-12(18)19)5-14-11(17)6-16-8-13-7-15-16/h7-10H,3-6H2,1-2H3,(H,14,17)(H,18,19)/t10-/m0/s1. The van der Waals surface area contributed by atoms with E-state index in [0.29, 0.717) is 12.5 Å². The first kappa shape index (κ1) is 15.1. The van der Waals surface area contributed by atoms with Gasteiger partial charge in [0.05, 0.1) is 0 Å². The highest BCUT2D eigenvalue weighted by molar-refractivity contribution is 5.75. The average molecular weight is 268 g/mol. The maximum atomic E-state index is 11.6. The summed E-state index contributed by atoms with van der Waals surface area (Å²) in [5.74, 6) is -0.672. The van der Waals surface area contributed by atoms with Crippen LogP contribution in [0.15, 0.2) is 12.7 Å². The normalized spacial score (nSPS) is 12.4. The first-order valence-corrected chi connectivity index (χ1v) is 6.28. The minimum absolute atomic E-state index is 0.0443. The zero-order valence-electron chi connectivity index (χ0n) is 11.2. The highest BCUT2D eigenvalue weighted by atomic mass is 16.4. The summed E-state index contributed by atoms with van der Waals surface area (Å²) in [4.78, 5) is 26.1. The molecule has 1 aromatic heterocycles. The molecule has 106 valence electrons. The minimum Gasteiger partial charge on any atom is -0.481 e. The van der Waals surface area contributed by atoms with Crippen LogP contribution in [0.5, 0.6) is 0 Å². The van der Waals surface area contributed by atoms with Crippen LogP contribution in [0.4, 0.5) is 0 Å². The zero-order chi connectivity index (χ0) is 14.3. The number of hydrogen-bond donors (Lipinski definition) is 2. The van der Waals surface area contributed by atoms with Gasteiger partial charge in [-0.05, 0) is 18.3 Å². The van der Waals surface area contributed by atoms with Crippen molar-refractivity contribution in [3.05, 3.63) is 12.7 Å². The van der Waals surface area contributed by atoms with Crippen LogP contribution in [0, 0.1) is 11.8 Å². The lowest BCUT2D eigenvalue weighted by atomic mass is 9.94. The summed E-state index contributed by atoms with van der Waals surface area (Å²) in [5.41, 5.74) is 0. The molecule has 1 rings (SSSR count). The van der Waals surface area contributed by atoms with Crippen LogP contribution in [-0.2, 0) is 16.1 Å². The highest BCUT2D eigenvalue weighted by Crippen LogP contribution is 2.14. The second kappa shape index (κ2) is 7.50. The molecule has 7 heteroatoms. The van der Waals surface area contributed by atoms with Crippen molar-refractivity contribution >= 4 is 11.9 Å². The van der Waals surface area contributed by atoms with E-state index in [9.17, 15) is 9.59 Å². The molecular weight excluding hydrogens is 248 g/mol. The predicted molar refractivity (Wildman–Crippen MR) is 68.2 cm³/mol. The van der Waals surface area contributed by atoms with Crippen molar-refractivity contribution in [1.29, 1.82) is 0 Å². The van der Waals surface area contributed by atoms with E-state index in [2.05, 4.69) is 15.4 Å². The molecule has 0 saturated carbocycles. The van der Waals surface area contributed by atoms with Crippen LogP contribution in [0.3, 0.4) is 0 Å². The molecule has 0 unspecified atom stereocenters. The Morgan fingerprint density at radius 3 is 2.68 bits per heavy atom. The maximum absolute atomic E-state index is 11.6. The summed E-state index contributed by atoms with van der Waals surface area (Å²) in [6, 6.07) is 0. The molecule has 0 spiro atoms. The molecule has 19 heavy (non-hydrogen) atoms. The Morgan fingerprint density at radius 2 is 2.16 bits per heavy atom. The number of amides is 1. The van der Waals surface area contributed by atoms with Gasteiger partial charge in [0.1, 0.15) is 19.2 Å². The number of carbonyl (C=O) groups excluding carboxylic acids is 1. The van der Waals surface area contributed by atoms with Crippen molar-refractivity contribution in [2.24, 2.45) is 11.8 Å². The van der Waals surface area contributed by atoms with E-state index in [-0.39, 0.29) is 24.8 Å². The Labute approximate surface area is 112 Å². The van der Waals surface area contributed by atoms with Crippen LogP contribution >= 0.6 is 0 Å². The van der Waals surface area contributed by atoms with Gasteiger partial charge in [0, 0.05) is 13.0 Å². The van der Waals surface area contributed by atoms with Gasteiger partial charge in [-0.15, -0.1) is 0 Å². The van der Waals surface area contributed by atoms with E-state index in [1.807, 2.05) is 13.8 Å². The van der Waals surface area contributed by atoms with E-state index in [1.54, 1.807) is 0 Å². The van der Waals surface area contributed by atoms with Crippen molar-refractivity contribution in [2.75, 3.05) is 6.54 Å². The van der Waals surface area contributed by atoms with Gasteiger partial charge >= 0.3 is 5.97 Å². The maximum Gasteiger partial charge on any atom is 0.303 e. The number of hydrogen-bond acceptors (Lipinski definition) is 4. The number of carbonyl (C=O) groups is 2. The number of aliphatic carboxylic acids is 1. The third kappa shape index (κ3) is 6.54. The van der Waals surface area contributed by atoms with Gasteiger partial charge in [0.25, 0.3) is 0 Å². The minimum atomic E-state index is -0.837. The molecule has 0 radical (unpaired) electrons. The van der Waals surface area contributed by atoms with Gasteiger partial charge in [-0.1, -0.05) is 13.8 Å². The third-order valence-corrected chi connectivity index (χ3v) is 2.63. The number of carboxylic acids is 1. The molecule has 0 bridgehead atoms. The summed E-state index contributed by atoms with van der Waals surface area (Å²) in [7, 11) is 0. The number of rotatable bonds is 8. The van der Waals surface area contributed by atoms with Crippen LogP contribution in [0.1, 0.15) is 26.7 Å². The van der Waals surface area contributed by atoms with Gasteiger partial charge in [0.2, 0.25) is 5.91 Å². The lowest BCUT2D eigenvalue weighted by molar-refractivity contribution is -0.138. The second-order valence-corrected chi connectivity index (χ2v) is 4.99. The van der Waals surface area contributed by atoms with Gasteiger partial charge in [-0.25, -0.2) is 9.67 Å². The molecule has 2 N–H and O–H groups in total. The van der Waals surface area contributed by atoms with Crippen LogP contribution in [0.2, 0.25) is 0 Å². The highest BCUT2D eigenvalue weighted by Gasteiger charge is 2.16. The Balaban J connectivity index is 2.37. The Kier molecular flexibility index (Phi) is 5.98. The van der Waals surface area contributed by atoms with Crippen molar-refractivity contribution in [2.45, 2.75) is 33.2 Å². The molecule has 0 aliphatic carbocycles. The van der Waals surface area contributed by atoms with E-state index in [1.165, 1.54) is 17.3 Å². The van der Waals surface area contributed by atoms with Crippen molar-refractivity contribution in [3.8, 4) is 0 Å². The fourth-order valence-corrected chi connectivity index (χ4v) is 1.93. The smallest absolute Gasteiger partial charge is 0.303 e. The monoisotopic (exact) mass is 268 g/mol. The van der Waals surface area contributed by atoms with Crippen molar-refractivity contribution in [1.82, 2.24) is 20.1 Å².